The van der Waals surface area contributed by atoms with Crippen LogP contribution in [0.15, 0.2) is 24.3 Å². The van der Waals surface area contributed by atoms with Crippen molar-refractivity contribution in [3.63, 3.8) is 0 Å². The van der Waals surface area contributed by atoms with E-state index >= 15 is 0 Å². The van der Waals surface area contributed by atoms with Crippen molar-refractivity contribution in [2.24, 2.45) is 5.92 Å². The third kappa shape index (κ3) is 5.53. The molecule has 0 aromatic heterocycles. The zero-order chi connectivity index (χ0) is 19.9. The van der Waals surface area contributed by atoms with E-state index in [0.717, 1.165) is 32.4 Å². The second kappa shape index (κ2) is 9.66. The molecule has 1 atom stereocenters. The summed E-state index contributed by atoms with van der Waals surface area (Å²) in [6, 6.07) is 5.47. The minimum Gasteiger partial charge on any atom is -0.352 e. The Bertz CT molecular complexity index is 707. The molecule has 152 valence electrons. The van der Waals surface area contributed by atoms with Gasteiger partial charge in [-0.1, -0.05) is 0 Å². The van der Waals surface area contributed by atoms with Gasteiger partial charge in [0.15, 0.2) is 0 Å². The Hall–Kier alpha value is -2.44. The van der Waals surface area contributed by atoms with Crippen molar-refractivity contribution < 1.29 is 18.8 Å². The van der Waals surface area contributed by atoms with Crippen LogP contribution in [0.25, 0.3) is 0 Å². The van der Waals surface area contributed by atoms with E-state index < -0.39 is 0 Å². The van der Waals surface area contributed by atoms with Crippen molar-refractivity contribution in [1.29, 1.82) is 0 Å². The number of likely N-dealkylation sites (tertiary alicyclic amines) is 2. The van der Waals surface area contributed by atoms with Gasteiger partial charge < -0.3 is 15.1 Å². The molecule has 3 rings (SSSR count). The molecule has 2 saturated heterocycles. The number of nitrogens with one attached hydrogen (secondary N) is 1. The lowest BCUT2D eigenvalue weighted by molar-refractivity contribution is -0.134. The van der Waals surface area contributed by atoms with Crippen molar-refractivity contribution >= 4 is 17.7 Å². The zero-order valence-corrected chi connectivity index (χ0v) is 16.2. The summed E-state index contributed by atoms with van der Waals surface area (Å²) in [7, 11) is 0. The quantitative estimate of drug-likeness (QED) is 0.777. The van der Waals surface area contributed by atoms with Gasteiger partial charge in [0.25, 0.3) is 5.91 Å². The third-order valence-electron chi connectivity index (χ3n) is 5.52. The molecule has 0 radical (unpaired) electrons. The molecule has 0 unspecified atom stereocenters. The molecule has 28 heavy (non-hydrogen) atoms. The van der Waals surface area contributed by atoms with E-state index in [1.165, 1.54) is 24.3 Å². The van der Waals surface area contributed by atoms with E-state index in [1.807, 2.05) is 9.80 Å². The predicted molar refractivity (Wildman–Crippen MR) is 103 cm³/mol. The fourth-order valence-corrected chi connectivity index (χ4v) is 3.92. The summed E-state index contributed by atoms with van der Waals surface area (Å²) in [6.07, 6.45) is 4.60. The highest BCUT2D eigenvalue weighted by atomic mass is 19.1. The second-order valence-corrected chi connectivity index (χ2v) is 7.65. The lowest BCUT2D eigenvalue weighted by atomic mass is 9.97. The Balaban J connectivity index is 1.39. The number of piperidine rings is 1. The van der Waals surface area contributed by atoms with Crippen LogP contribution in [0.2, 0.25) is 0 Å². The van der Waals surface area contributed by atoms with Crippen LogP contribution >= 0.6 is 0 Å². The first-order chi connectivity index (χ1) is 13.5. The molecular formula is C21H28FN3O3. The second-order valence-electron chi connectivity index (χ2n) is 7.65. The number of benzene rings is 1. The minimum atomic E-state index is -0.368. The maximum absolute atomic E-state index is 13.0. The average Bonchev–Trinajstić information content (AvgIpc) is 3.11. The highest BCUT2D eigenvalue weighted by Gasteiger charge is 2.25. The van der Waals surface area contributed by atoms with Gasteiger partial charge in [0, 0.05) is 51.1 Å². The van der Waals surface area contributed by atoms with Crippen molar-refractivity contribution in [3.8, 4) is 0 Å². The van der Waals surface area contributed by atoms with E-state index in [9.17, 15) is 18.8 Å². The molecule has 0 spiro atoms. The third-order valence-corrected chi connectivity index (χ3v) is 5.52. The summed E-state index contributed by atoms with van der Waals surface area (Å²) >= 11 is 0. The highest BCUT2D eigenvalue weighted by molar-refractivity contribution is 5.94. The van der Waals surface area contributed by atoms with Gasteiger partial charge in [0.2, 0.25) is 11.8 Å². The molecule has 2 heterocycles. The number of amides is 3. The van der Waals surface area contributed by atoms with E-state index in [2.05, 4.69) is 5.32 Å². The topological polar surface area (TPSA) is 69.7 Å². The van der Waals surface area contributed by atoms with Crippen molar-refractivity contribution in [1.82, 2.24) is 15.1 Å². The molecule has 3 amide bonds. The van der Waals surface area contributed by atoms with Crippen molar-refractivity contribution in [2.75, 3.05) is 32.7 Å². The van der Waals surface area contributed by atoms with Crippen LogP contribution in [0.1, 0.15) is 48.9 Å². The Morgan fingerprint density at radius 3 is 2.64 bits per heavy atom. The average molecular weight is 389 g/mol. The van der Waals surface area contributed by atoms with Crippen LogP contribution in [0.4, 0.5) is 4.39 Å². The molecule has 2 aliphatic rings. The van der Waals surface area contributed by atoms with Crippen LogP contribution in [-0.4, -0.2) is 60.2 Å². The van der Waals surface area contributed by atoms with Crippen LogP contribution in [0, 0.1) is 11.7 Å². The Morgan fingerprint density at radius 1 is 1.14 bits per heavy atom. The van der Waals surface area contributed by atoms with Gasteiger partial charge in [-0.2, -0.15) is 0 Å². The molecule has 0 saturated carbocycles. The fraction of sp³-hybridized carbons (Fsp3) is 0.571. The lowest BCUT2D eigenvalue weighted by Gasteiger charge is -2.33. The highest BCUT2D eigenvalue weighted by Crippen LogP contribution is 2.18. The molecule has 0 bridgehead atoms. The van der Waals surface area contributed by atoms with E-state index in [-0.39, 0.29) is 29.5 Å². The standard InChI is InChI=1S/C21H28FN3O3/c22-18-9-7-17(8-10-18)21(28)23-14-16-4-1-13-25(15-16)20(27)6-3-12-24-11-2-5-19(24)26/h7-10,16H,1-6,11-15H2,(H,23,28)/t16-/m1/s1. The SMILES string of the molecule is O=C(NC[C@H]1CCCN(C(=O)CCCN2CCCC2=O)C1)c1ccc(F)cc1. The minimum absolute atomic E-state index is 0.126. The van der Waals surface area contributed by atoms with Crippen LogP contribution in [-0.2, 0) is 9.59 Å². The number of carbonyl (C=O) groups excluding carboxylic acids is 3. The van der Waals surface area contributed by atoms with Crippen LogP contribution < -0.4 is 5.32 Å². The first-order valence-corrected chi connectivity index (χ1v) is 10.1. The lowest BCUT2D eigenvalue weighted by Crippen LogP contribution is -2.43. The smallest absolute Gasteiger partial charge is 0.251 e. The number of halogens is 1. The number of hydrogen-bond acceptors (Lipinski definition) is 3. The summed E-state index contributed by atoms with van der Waals surface area (Å²) in [5.41, 5.74) is 0.432. The van der Waals surface area contributed by atoms with Crippen LogP contribution in [0.5, 0.6) is 0 Å². The maximum atomic E-state index is 13.0. The predicted octanol–water partition coefficient (Wildman–Crippen LogP) is 2.20. The monoisotopic (exact) mass is 389 g/mol. The zero-order valence-electron chi connectivity index (χ0n) is 16.2. The molecule has 2 fully saturated rings. The molecule has 2 aliphatic heterocycles. The number of rotatable bonds is 7. The van der Waals surface area contributed by atoms with Gasteiger partial charge in [-0.05, 0) is 55.9 Å². The maximum Gasteiger partial charge on any atom is 0.251 e. The number of nitrogens with zero attached hydrogens (tertiary/aromatic N) is 2. The van der Waals surface area contributed by atoms with E-state index in [0.29, 0.717) is 44.5 Å². The van der Waals surface area contributed by atoms with Gasteiger partial charge >= 0.3 is 0 Å². The first-order valence-electron chi connectivity index (χ1n) is 10.1. The Labute approximate surface area is 165 Å². The van der Waals surface area contributed by atoms with Gasteiger partial charge in [0.1, 0.15) is 5.82 Å². The molecular weight excluding hydrogens is 361 g/mol. The number of carbonyl (C=O) groups is 3. The Morgan fingerprint density at radius 2 is 1.93 bits per heavy atom. The molecule has 1 aromatic carbocycles. The molecule has 1 N–H and O–H groups in total. The van der Waals surface area contributed by atoms with Gasteiger partial charge in [-0.15, -0.1) is 0 Å². The Kier molecular flexibility index (Phi) is 7.01. The molecule has 0 aliphatic carbocycles. The van der Waals surface area contributed by atoms with E-state index in [4.69, 9.17) is 0 Å². The normalized spacial score (nSPS) is 19.8. The van der Waals surface area contributed by atoms with Crippen molar-refractivity contribution in [3.05, 3.63) is 35.6 Å². The van der Waals surface area contributed by atoms with E-state index in [1.54, 1.807) is 0 Å². The van der Waals surface area contributed by atoms with Crippen molar-refractivity contribution in [2.45, 2.75) is 38.5 Å². The molecule has 6 nitrogen and oxygen atoms in total. The summed E-state index contributed by atoms with van der Waals surface area (Å²) in [5.74, 6) is -0.0448. The van der Waals surface area contributed by atoms with Gasteiger partial charge in [-0.3, -0.25) is 14.4 Å². The fourth-order valence-electron chi connectivity index (χ4n) is 3.92. The largest absolute Gasteiger partial charge is 0.352 e. The molecule has 7 heteroatoms. The summed E-state index contributed by atoms with van der Waals surface area (Å²) in [5, 5.41) is 2.89. The summed E-state index contributed by atoms with van der Waals surface area (Å²) < 4.78 is 13.0. The summed E-state index contributed by atoms with van der Waals surface area (Å²) in [4.78, 5) is 40.0. The number of hydrogen-bond donors (Lipinski definition) is 1. The summed E-state index contributed by atoms with van der Waals surface area (Å²) in [6.45, 7) is 3.37. The van der Waals surface area contributed by atoms with Gasteiger partial charge in [-0.25, -0.2) is 4.39 Å². The molecule has 1 aromatic rings. The first kappa shape index (κ1) is 20.3. The van der Waals surface area contributed by atoms with Gasteiger partial charge in [0.05, 0.1) is 0 Å². The van der Waals surface area contributed by atoms with Crippen LogP contribution in [0.3, 0.4) is 0 Å².